The van der Waals surface area contributed by atoms with Gasteiger partial charge in [0.25, 0.3) is 0 Å². The first-order valence-electron chi connectivity index (χ1n) is 4.19. The molecule has 0 spiro atoms. The zero-order chi connectivity index (χ0) is 9.03. The highest BCUT2D eigenvalue weighted by Crippen LogP contribution is 2.39. The molecule has 1 aliphatic rings. The smallest absolute Gasteiger partial charge is 0.407 e. The van der Waals surface area contributed by atoms with Gasteiger partial charge in [0.1, 0.15) is 0 Å². The molecule has 0 heterocycles. The minimum atomic E-state index is -0.370. The van der Waals surface area contributed by atoms with Crippen LogP contribution >= 0.6 is 0 Å². The molecule has 0 aromatic carbocycles. The van der Waals surface area contributed by atoms with Crippen molar-refractivity contribution < 1.29 is 14.6 Å². The predicted molar refractivity (Wildman–Crippen MR) is 43.8 cm³/mol. The zero-order valence-electron chi connectivity index (χ0n) is 7.30. The molecule has 0 aromatic rings. The topological polar surface area (TPSA) is 58.6 Å². The average molecular weight is 173 g/mol. The molecule has 0 unspecified atom stereocenters. The Kier molecular flexibility index (Phi) is 2.92. The third kappa shape index (κ3) is 2.37. The summed E-state index contributed by atoms with van der Waals surface area (Å²) in [5.41, 5.74) is -0.0597. The largest absolute Gasteiger partial charge is 0.453 e. The third-order valence-electron chi connectivity index (χ3n) is 2.22. The molecule has 70 valence electrons. The second-order valence-electron chi connectivity index (χ2n) is 3.22. The van der Waals surface area contributed by atoms with Crippen molar-refractivity contribution in [2.45, 2.75) is 31.2 Å². The molecule has 0 bridgehead atoms. The van der Waals surface area contributed by atoms with Crippen LogP contribution < -0.4 is 5.32 Å². The fraction of sp³-hybridized carbons (Fsp3) is 0.875. The predicted octanol–water partition coefficient (Wildman–Crippen LogP) is 0.647. The van der Waals surface area contributed by atoms with Crippen molar-refractivity contribution >= 4 is 6.09 Å². The first kappa shape index (κ1) is 9.32. The molecule has 0 aliphatic heterocycles. The lowest BCUT2D eigenvalue weighted by Crippen LogP contribution is -2.36. The van der Waals surface area contributed by atoms with E-state index < -0.39 is 0 Å². The van der Waals surface area contributed by atoms with Crippen LogP contribution in [0.2, 0.25) is 0 Å². The first-order chi connectivity index (χ1) is 5.72. The van der Waals surface area contributed by atoms with Crippen LogP contribution in [0.15, 0.2) is 0 Å². The van der Waals surface area contributed by atoms with Crippen molar-refractivity contribution in [1.82, 2.24) is 5.32 Å². The number of ether oxygens (including phenoxy) is 1. The fourth-order valence-corrected chi connectivity index (χ4v) is 1.27. The molecule has 1 rings (SSSR count). The molecule has 1 saturated carbocycles. The molecular formula is C8H15NO3. The molecule has 1 aliphatic carbocycles. The summed E-state index contributed by atoms with van der Waals surface area (Å²) in [5.74, 6) is 0. The highest BCUT2D eigenvalue weighted by atomic mass is 16.5. The molecule has 0 saturated heterocycles. The second-order valence-corrected chi connectivity index (χ2v) is 3.22. The van der Waals surface area contributed by atoms with Gasteiger partial charge in [-0.15, -0.1) is 0 Å². The molecule has 0 atom stereocenters. The quantitative estimate of drug-likeness (QED) is 0.656. The Bertz CT molecular complexity index is 166. The molecule has 0 aromatic heterocycles. The van der Waals surface area contributed by atoms with Crippen molar-refractivity contribution in [3.05, 3.63) is 0 Å². The van der Waals surface area contributed by atoms with Crippen LogP contribution in [0.4, 0.5) is 4.79 Å². The lowest BCUT2D eigenvalue weighted by Gasteiger charge is -2.15. The number of rotatable bonds is 4. The van der Waals surface area contributed by atoms with Gasteiger partial charge in [-0.3, -0.25) is 0 Å². The van der Waals surface area contributed by atoms with Crippen LogP contribution in [0, 0.1) is 0 Å². The van der Waals surface area contributed by atoms with E-state index in [0.717, 1.165) is 25.7 Å². The molecule has 1 amide bonds. The Morgan fingerprint density at radius 1 is 1.67 bits per heavy atom. The summed E-state index contributed by atoms with van der Waals surface area (Å²) in [7, 11) is 1.36. The molecule has 2 N–H and O–H groups in total. The summed E-state index contributed by atoms with van der Waals surface area (Å²) >= 11 is 0. The van der Waals surface area contributed by atoms with Gasteiger partial charge in [0.05, 0.1) is 7.11 Å². The number of amides is 1. The number of carbonyl (C=O) groups is 1. The van der Waals surface area contributed by atoms with Gasteiger partial charge in [-0.2, -0.15) is 0 Å². The Hall–Kier alpha value is -0.770. The highest BCUT2D eigenvalue weighted by molar-refractivity contribution is 5.68. The summed E-state index contributed by atoms with van der Waals surface area (Å²) in [6.45, 7) is 0.185. The van der Waals surface area contributed by atoms with Crippen molar-refractivity contribution in [3.8, 4) is 0 Å². The van der Waals surface area contributed by atoms with E-state index in [1.807, 2.05) is 0 Å². The summed E-state index contributed by atoms with van der Waals surface area (Å²) in [4.78, 5) is 10.8. The monoisotopic (exact) mass is 173 g/mol. The Labute approximate surface area is 71.9 Å². The number of nitrogens with one attached hydrogen (secondary N) is 1. The van der Waals surface area contributed by atoms with Gasteiger partial charge in [-0.25, -0.2) is 4.79 Å². The maximum absolute atomic E-state index is 10.8. The third-order valence-corrected chi connectivity index (χ3v) is 2.22. The van der Waals surface area contributed by atoms with Crippen LogP contribution in [-0.2, 0) is 4.74 Å². The average Bonchev–Trinajstić information content (AvgIpc) is 2.82. The van der Waals surface area contributed by atoms with Crippen molar-refractivity contribution in [1.29, 1.82) is 0 Å². The zero-order valence-corrected chi connectivity index (χ0v) is 7.30. The number of aliphatic hydroxyl groups is 1. The number of hydrogen-bond donors (Lipinski definition) is 2. The Morgan fingerprint density at radius 2 is 2.33 bits per heavy atom. The highest BCUT2D eigenvalue weighted by Gasteiger charge is 2.43. The van der Waals surface area contributed by atoms with Crippen molar-refractivity contribution in [3.63, 3.8) is 0 Å². The Morgan fingerprint density at radius 3 is 2.75 bits per heavy atom. The number of aliphatic hydroxyl groups excluding tert-OH is 1. The van der Waals surface area contributed by atoms with E-state index in [0.29, 0.717) is 0 Å². The normalized spacial score (nSPS) is 18.5. The van der Waals surface area contributed by atoms with Crippen LogP contribution in [0.5, 0.6) is 0 Å². The van der Waals surface area contributed by atoms with Crippen LogP contribution in [0.3, 0.4) is 0 Å². The lowest BCUT2D eigenvalue weighted by atomic mass is 10.1. The van der Waals surface area contributed by atoms with E-state index >= 15 is 0 Å². The van der Waals surface area contributed by atoms with Crippen LogP contribution in [0.1, 0.15) is 25.7 Å². The molecule has 4 heteroatoms. The Balaban J connectivity index is 2.24. The van der Waals surface area contributed by atoms with Crippen molar-refractivity contribution in [2.75, 3.05) is 13.7 Å². The fourth-order valence-electron chi connectivity index (χ4n) is 1.27. The van der Waals surface area contributed by atoms with Gasteiger partial charge in [-0.05, 0) is 25.7 Å². The standard InChI is InChI=1S/C8H15NO3/c1-12-7(11)9-8(4-5-8)3-2-6-10/h10H,2-6H2,1H3,(H,9,11). The minimum absolute atomic E-state index is 0.0597. The maximum atomic E-state index is 10.8. The lowest BCUT2D eigenvalue weighted by molar-refractivity contribution is 0.163. The molecular weight excluding hydrogens is 158 g/mol. The van der Waals surface area contributed by atoms with E-state index in [-0.39, 0.29) is 18.2 Å². The minimum Gasteiger partial charge on any atom is -0.453 e. The van der Waals surface area contributed by atoms with Crippen LogP contribution in [-0.4, -0.2) is 30.5 Å². The second kappa shape index (κ2) is 3.76. The molecule has 0 radical (unpaired) electrons. The van der Waals surface area contributed by atoms with Gasteiger partial charge in [-0.1, -0.05) is 0 Å². The van der Waals surface area contributed by atoms with E-state index in [9.17, 15) is 4.79 Å². The van der Waals surface area contributed by atoms with Gasteiger partial charge < -0.3 is 15.2 Å². The van der Waals surface area contributed by atoms with E-state index in [4.69, 9.17) is 5.11 Å². The van der Waals surface area contributed by atoms with E-state index in [1.165, 1.54) is 7.11 Å². The number of hydrogen-bond acceptors (Lipinski definition) is 3. The van der Waals surface area contributed by atoms with Gasteiger partial charge >= 0.3 is 6.09 Å². The number of methoxy groups -OCH3 is 1. The van der Waals surface area contributed by atoms with Gasteiger partial charge in [0, 0.05) is 12.1 Å². The summed E-state index contributed by atoms with van der Waals surface area (Å²) < 4.78 is 4.49. The molecule has 12 heavy (non-hydrogen) atoms. The van der Waals surface area contributed by atoms with Gasteiger partial charge in [0.2, 0.25) is 0 Å². The summed E-state index contributed by atoms with van der Waals surface area (Å²) in [6.07, 6.45) is 3.22. The number of carbonyl (C=O) groups excluding carboxylic acids is 1. The summed E-state index contributed by atoms with van der Waals surface area (Å²) in [5, 5.41) is 11.4. The van der Waals surface area contributed by atoms with E-state index in [2.05, 4.69) is 10.1 Å². The maximum Gasteiger partial charge on any atom is 0.407 e. The first-order valence-corrected chi connectivity index (χ1v) is 4.19. The van der Waals surface area contributed by atoms with E-state index in [1.54, 1.807) is 0 Å². The summed E-state index contributed by atoms with van der Waals surface area (Å²) in [6, 6.07) is 0. The molecule has 4 nitrogen and oxygen atoms in total. The number of alkyl carbamates (subject to hydrolysis) is 1. The van der Waals surface area contributed by atoms with Gasteiger partial charge in [0.15, 0.2) is 0 Å². The van der Waals surface area contributed by atoms with Crippen molar-refractivity contribution in [2.24, 2.45) is 0 Å². The SMILES string of the molecule is COC(=O)NC1(CCCO)CC1. The molecule has 1 fully saturated rings. The van der Waals surface area contributed by atoms with Crippen LogP contribution in [0.25, 0.3) is 0 Å².